The summed E-state index contributed by atoms with van der Waals surface area (Å²) in [5.41, 5.74) is 1.17. The van der Waals surface area contributed by atoms with Gasteiger partial charge in [0.15, 0.2) is 16.9 Å². The number of hydrogen-bond acceptors (Lipinski definition) is 5. The number of para-hydroxylation sites is 2. The molecule has 0 radical (unpaired) electrons. The molecule has 0 atom stereocenters. The van der Waals surface area contributed by atoms with Gasteiger partial charge in [0.1, 0.15) is 6.10 Å². The monoisotopic (exact) mass is 382 g/mol. The van der Waals surface area contributed by atoms with Crippen molar-refractivity contribution >= 4 is 34.4 Å². The number of fused-ring (bicyclic) bond motifs is 3. The highest BCUT2D eigenvalue weighted by Gasteiger charge is 2.50. The number of amides is 2. The summed E-state index contributed by atoms with van der Waals surface area (Å²) in [4.78, 5) is 31.2. The van der Waals surface area contributed by atoms with Crippen LogP contribution in [0.1, 0.15) is 46.0 Å². The van der Waals surface area contributed by atoms with Crippen molar-refractivity contribution in [2.24, 2.45) is 0 Å². The highest BCUT2D eigenvalue weighted by atomic mass is 16.6. The van der Waals surface area contributed by atoms with Gasteiger partial charge in [0.05, 0.1) is 11.0 Å². The predicted molar refractivity (Wildman–Crippen MR) is 103 cm³/mol. The van der Waals surface area contributed by atoms with E-state index in [4.69, 9.17) is 9.47 Å². The topological polar surface area (TPSA) is 88.9 Å². The van der Waals surface area contributed by atoms with E-state index in [0.29, 0.717) is 17.2 Å². The molecule has 28 heavy (non-hydrogen) atoms. The van der Waals surface area contributed by atoms with Crippen LogP contribution in [0.25, 0.3) is 16.7 Å². The van der Waals surface area contributed by atoms with E-state index < -0.39 is 17.6 Å². The molecule has 8 nitrogen and oxygen atoms in total. The number of rotatable bonds is 3. The van der Waals surface area contributed by atoms with Gasteiger partial charge in [-0.15, -0.1) is 0 Å². The Morgan fingerprint density at radius 1 is 1.18 bits per heavy atom. The molecule has 3 heterocycles. The molecular formula is C20H22N4O4. The molecule has 0 spiro atoms. The maximum Gasteiger partial charge on any atom is 0.422 e. The van der Waals surface area contributed by atoms with Crippen LogP contribution in [0.15, 0.2) is 24.3 Å². The number of benzene rings is 1. The first-order valence-electron chi connectivity index (χ1n) is 9.69. The third-order valence-electron chi connectivity index (χ3n) is 5.50. The number of cyclic esters (lactones) is 1. The second kappa shape index (κ2) is 5.98. The Morgan fingerprint density at radius 2 is 1.93 bits per heavy atom. The summed E-state index contributed by atoms with van der Waals surface area (Å²) < 4.78 is 13.3. The second-order valence-corrected chi connectivity index (χ2v) is 7.95. The van der Waals surface area contributed by atoms with E-state index in [2.05, 4.69) is 10.1 Å². The van der Waals surface area contributed by atoms with Crippen molar-refractivity contribution in [2.75, 3.05) is 4.90 Å². The lowest BCUT2D eigenvalue weighted by Crippen LogP contribution is -2.36. The Morgan fingerprint density at radius 3 is 2.64 bits per heavy atom. The van der Waals surface area contributed by atoms with Crippen molar-refractivity contribution in [3.05, 3.63) is 24.3 Å². The first-order chi connectivity index (χ1) is 13.5. The van der Waals surface area contributed by atoms with Crippen LogP contribution in [0.2, 0.25) is 0 Å². The summed E-state index contributed by atoms with van der Waals surface area (Å²) in [5, 5.41) is 3.21. The summed E-state index contributed by atoms with van der Waals surface area (Å²) in [5.74, 6) is -0.0531. The number of aromatic amines is 1. The Labute approximate surface area is 161 Å². The Balaban J connectivity index is 1.68. The van der Waals surface area contributed by atoms with Crippen LogP contribution in [0.3, 0.4) is 0 Å². The molecule has 2 amide bonds. The van der Waals surface area contributed by atoms with Crippen molar-refractivity contribution in [3.63, 3.8) is 0 Å². The Hall–Kier alpha value is -3.03. The molecule has 1 saturated heterocycles. The van der Waals surface area contributed by atoms with Gasteiger partial charge in [-0.2, -0.15) is 0 Å². The maximum absolute atomic E-state index is 12.9. The molecule has 8 heteroatoms. The van der Waals surface area contributed by atoms with E-state index in [0.717, 1.165) is 41.6 Å². The average molecular weight is 382 g/mol. The number of carbonyl (C=O) groups excluding carboxylic acids is 2. The molecule has 0 unspecified atom stereocenters. The molecule has 2 fully saturated rings. The van der Waals surface area contributed by atoms with Crippen molar-refractivity contribution in [1.29, 1.82) is 0 Å². The molecule has 1 aromatic carbocycles. The molecule has 5 rings (SSSR count). The fourth-order valence-electron chi connectivity index (χ4n) is 4.04. The highest BCUT2D eigenvalue weighted by molar-refractivity contribution is 6.22. The minimum atomic E-state index is -1.22. The number of imidazole rings is 1. The van der Waals surface area contributed by atoms with E-state index in [1.54, 1.807) is 18.4 Å². The van der Waals surface area contributed by atoms with E-state index >= 15 is 0 Å². The number of H-pyrrole nitrogens is 1. The van der Waals surface area contributed by atoms with Crippen LogP contribution in [-0.4, -0.2) is 38.3 Å². The molecule has 2 aliphatic rings. The second-order valence-electron chi connectivity index (χ2n) is 7.95. The zero-order valence-electron chi connectivity index (χ0n) is 15.9. The lowest BCUT2D eigenvalue weighted by Gasteiger charge is -2.23. The lowest BCUT2D eigenvalue weighted by atomic mass is 9.98. The summed E-state index contributed by atoms with van der Waals surface area (Å²) in [6.07, 6.45) is 4.66. The maximum atomic E-state index is 12.9. The van der Waals surface area contributed by atoms with Crippen LogP contribution in [0.4, 0.5) is 10.5 Å². The Bertz CT molecular complexity index is 1090. The van der Waals surface area contributed by atoms with E-state index in [9.17, 15) is 9.59 Å². The van der Waals surface area contributed by atoms with Crippen LogP contribution in [0, 0.1) is 0 Å². The van der Waals surface area contributed by atoms with E-state index in [1.165, 1.54) is 6.42 Å². The number of ether oxygens (including phenoxy) is 2. The number of aromatic nitrogens is 3. The summed E-state index contributed by atoms with van der Waals surface area (Å²) in [6.45, 7) is 3.17. The number of hydrogen-bond donors (Lipinski definition) is 1. The van der Waals surface area contributed by atoms with Gasteiger partial charge >= 0.3 is 6.09 Å². The Kier molecular flexibility index (Phi) is 3.65. The normalized spacial score (nSPS) is 20.3. The smallest absolute Gasteiger partial charge is 0.422 e. The van der Waals surface area contributed by atoms with Gasteiger partial charge in [-0.1, -0.05) is 18.6 Å². The third kappa shape index (κ3) is 2.47. The first kappa shape index (κ1) is 17.1. The van der Waals surface area contributed by atoms with Gasteiger partial charge in [-0.05, 0) is 51.7 Å². The molecule has 1 aliphatic heterocycles. The molecule has 0 bridgehead atoms. The molecule has 3 aromatic rings. The van der Waals surface area contributed by atoms with Gasteiger partial charge in [-0.3, -0.25) is 9.89 Å². The van der Waals surface area contributed by atoms with Crippen LogP contribution in [0.5, 0.6) is 5.88 Å². The fraction of sp³-hybridized carbons (Fsp3) is 0.450. The zero-order chi connectivity index (χ0) is 19.5. The van der Waals surface area contributed by atoms with Crippen LogP contribution >= 0.6 is 0 Å². The minimum absolute atomic E-state index is 0.0452. The van der Waals surface area contributed by atoms with Crippen molar-refractivity contribution in [1.82, 2.24) is 14.6 Å². The van der Waals surface area contributed by atoms with E-state index in [1.807, 2.05) is 24.3 Å². The van der Waals surface area contributed by atoms with Crippen molar-refractivity contribution in [3.8, 4) is 5.88 Å². The van der Waals surface area contributed by atoms with Gasteiger partial charge in [0, 0.05) is 0 Å². The van der Waals surface area contributed by atoms with Crippen LogP contribution in [-0.2, 0) is 9.53 Å². The number of nitrogens with zero attached hydrogens (tertiary/aromatic N) is 3. The molecule has 1 N–H and O–H groups in total. The zero-order valence-corrected chi connectivity index (χ0v) is 15.9. The fourth-order valence-corrected chi connectivity index (χ4v) is 4.04. The number of nitrogens with one attached hydrogen (secondary N) is 1. The largest absolute Gasteiger partial charge is 0.473 e. The molecule has 1 aliphatic carbocycles. The molecular weight excluding hydrogens is 360 g/mol. The summed E-state index contributed by atoms with van der Waals surface area (Å²) in [6, 6.07) is 7.62. The predicted octanol–water partition coefficient (Wildman–Crippen LogP) is 3.79. The number of imide groups is 1. The number of anilines is 1. The summed E-state index contributed by atoms with van der Waals surface area (Å²) in [7, 11) is 0. The van der Waals surface area contributed by atoms with Gasteiger partial charge in [-0.25, -0.2) is 19.2 Å². The number of carbonyl (C=O) groups is 2. The summed E-state index contributed by atoms with van der Waals surface area (Å²) >= 11 is 0. The third-order valence-corrected chi connectivity index (χ3v) is 5.50. The molecule has 146 valence electrons. The van der Waals surface area contributed by atoms with Gasteiger partial charge < -0.3 is 9.47 Å². The van der Waals surface area contributed by atoms with Gasteiger partial charge in [0.2, 0.25) is 5.88 Å². The quantitative estimate of drug-likeness (QED) is 0.744. The van der Waals surface area contributed by atoms with Crippen molar-refractivity contribution in [2.45, 2.75) is 57.7 Å². The first-order valence-corrected chi connectivity index (χ1v) is 9.69. The van der Waals surface area contributed by atoms with Crippen molar-refractivity contribution < 1.29 is 19.1 Å². The molecule has 1 saturated carbocycles. The lowest BCUT2D eigenvalue weighted by molar-refractivity contribution is -0.127. The van der Waals surface area contributed by atoms with E-state index in [-0.39, 0.29) is 6.10 Å². The highest BCUT2D eigenvalue weighted by Crippen LogP contribution is 2.40. The average Bonchev–Trinajstić information content (AvgIpc) is 3.25. The van der Waals surface area contributed by atoms with Gasteiger partial charge in [0.25, 0.3) is 5.91 Å². The van der Waals surface area contributed by atoms with Crippen LogP contribution < -0.4 is 9.64 Å². The molecule has 2 aromatic heterocycles. The minimum Gasteiger partial charge on any atom is -0.473 e. The SMILES string of the molecule is CC1(C)OC(=O)N(c2c(OC3CCCCC3)[nH]n3c2nc2ccccc23)C1=O. The standard InChI is InChI=1S/C20H22N4O4/c1-20(2)18(25)23(19(26)28-20)15-16-21-13-10-6-7-11-14(13)24(16)22-17(15)27-12-8-4-3-5-9-12/h6-7,10-12,22H,3-5,8-9H2,1-2H3.